The summed E-state index contributed by atoms with van der Waals surface area (Å²) in [6.07, 6.45) is 0.623. The minimum Gasteiger partial charge on any atom is -0.463 e. The van der Waals surface area contributed by atoms with Crippen LogP contribution in [-0.4, -0.2) is 71.4 Å². The Morgan fingerprint density at radius 1 is 0.559 bits per heavy atom. The molecule has 0 saturated carbocycles. The van der Waals surface area contributed by atoms with Gasteiger partial charge >= 0.3 is 11.9 Å². The number of esters is 2. The maximum absolute atomic E-state index is 13.4. The summed E-state index contributed by atoms with van der Waals surface area (Å²) in [5, 5.41) is 0. The van der Waals surface area contributed by atoms with Gasteiger partial charge in [0.15, 0.2) is 0 Å². The van der Waals surface area contributed by atoms with Crippen LogP contribution < -0.4 is 4.74 Å². The lowest BCUT2D eigenvalue weighted by molar-refractivity contribution is -0.145. The highest BCUT2D eigenvalue weighted by molar-refractivity contribution is 5.72. The van der Waals surface area contributed by atoms with E-state index in [-0.39, 0.29) is 45.6 Å². The molecule has 0 fully saturated rings. The van der Waals surface area contributed by atoms with Crippen molar-refractivity contribution in [3.05, 3.63) is 29.1 Å². The second kappa shape index (κ2) is 17.1. The first-order valence-corrected chi connectivity index (χ1v) is 10.5. The molecule has 34 heavy (non-hydrogen) atoms. The van der Waals surface area contributed by atoms with Gasteiger partial charge in [-0.25, -0.2) is 13.2 Å². The third-order valence-corrected chi connectivity index (χ3v) is 3.90. The molecule has 0 spiro atoms. The second-order valence-corrected chi connectivity index (χ2v) is 6.54. The van der Waals surface area contributed by atoms with E-state index in [1.807, 2.05) is 6.92 Å². The van der Waals surface area contributed by atoms with Crippen molar-refractivity contribution in [1.82, 2.24) is 0 Å². The summed E-state index contributed by atoms with van der Waals surface area (Å²) in [6.45, 7) is 3.59. The van der Waals surface area contributed by atoms with Gasteiger partial charge in [-0.3, -0.25) is 9.59 Å². The Balaban J connectivity index is 1.99. The van der Waals surface area contributed by atoms with Gasteiger partial charge in [-0.05, 0) is 6.42 Å². The zero-order valence-electron chi connectivity index (χ0n) is 18.6. The van der Waals surface area contributed by atoms with Crippen LogP contribution in [0.25, 0.3) is 0 Å². The first-order valence-electron chi connectivity index (χ1n) is 10.5. The standard InChI is InChI=1S/C21H27F5O8/c1-2-3-14(27)33-13-12-32-11-10-31-9-8-30-7-6-29-5-4-15(28)34-21-19(25)17(23)16(22)18(24)20(21)26/h2-13H2,1H3. The summed E-state index contributed by atoms with van der Waals surface area (Å²) < 4.78 is 95.9. The molecule has 1 aromatic carbocycles. The van der Waals surface area contributed by atoms with E-state index in [4.69, 9.17) is 23.7 Å². The van der Waals surface area contributed by atoms with Crippen molar-refractivity contribution >= 4 is 11.9 Å². The molecule has 0 aliphatic carbocycles. The number of rotatable bonds is 18. The zero-order valence-corrected chi connectivity index (χ0v) is 18.6. The van der Waals surface area contributed by atoms with Gasteiger partial charge in [0, 0.05) is 6.42 Å². The number of ether oxygens (including phenoxy) is 6. The van der Waals surface area contributed by atoms with Crippen LogP contribution in [0.1, 0.15) is 26.2 Å². The summed E-state index contributed by atoms with van der Waals surface area (Å²) in [5.74, 6) is -14.4. The topological polar surface area (TPSA) is 89.5 Å². The molecule has 0 aliphatic heterocycles. The maximum Gasteiger partial charge on any atom is 0.313 e. The largest absolute Gasteiger partial charge is 0.463 e. The highest BCUT2D eigenvalue weighted by Crippen LogP contribution is 2.29. The van der Waals surface area contributed by atoms with E-state index in [0.717, 1.165) is 6.42 Å². The Labute approximate surface area is 193 Å². The number of carbonyl (C=O) groups is 2. The van der Waals surface area contributed by atoms with Gasteiger partial charge in [0.1, 0.15) is 6.61 Å². The lowest BCUT2D eigenvalue weighted by atomic mass is 10.2. The molecule has 8 nitrogen and oxygen atoms in total. The van der Waals surface area contributed by atoms with Crippen molar-refractivity contribution in [3.63, 3.8) is 0 Å². The van der Waals surface area contributed by atoms with E-state index in [9.17, 15) is 31.5 Å². The monoisotopic (exact) mass is 502 g/mol. The van der Waals surface area contributed by atoms with E-state index in [1.54, 1.807) is 0 Å². The lowest BCUT2D eigenvalue weighted by Gasteiger charge is -2.09. The molecule has 0 aliphatic rings. The van der Waals surface area contributed by atoms with Crippen molar-refractivity contribution < 1.29 is 60.0 Å². The van der Waals surface area contributed by atoms with Gasteiger partial charge < -0.3 is 28.4 Å². The molecule has 194 valence electrons. The minimum absolute atomic E-state index is 0.0790. The minimum atomic E-state index is -2.35. The second-order valence-electron chi connectivity index (χ2n) is 6.54. The average Bonchev–Trinajstić information content (AvgIpc) is 2.82. The smallest absolute Gasteiger partial charge is 0.313 e. The zero-order chi connectivity index (χ0) is 25.3. The predicted molar refractivity (Wildman–Crippen MR) is 106 cm³/mol. The third kappa shape index (κ3) is 11.2. The fourth-order valence-electron chi connectivity index (χ4n) is 2.25. The van der Waals surface area contributed by atoms with Gasteiger partial charge in [0.25, 0.3) is 0 Å². The van der Waals surface area contributed by atoms with E-state index in [1.165, 1.54) is 0 Å². The number of carbonyl (C=O) groups excluding carboxylic acids is 2. The fourth-order valence-corrected chi connectivity index (χ4v) is 2.25. The Morgan fingerprint density at radius 2 is 0.971 bits per heavy atom. The van der Waals surface area contributed by atoms with Crippen LogP contribution in [0.2, 0.25) is 0 Å². The highest BCUT2D eigenvalue weighted by atomic mass is 19.2. The van der Waals surface area contributed by atoms with Crippen LogP contribution >= 0.6 is 0 Å². The predicted octanol–water partition coefficient (Wildman–Crippen LogP) is 3.09. The van der Waals surface area contributed by atoms with Gasteiger partial charge in [-0.1, -0.05) is 6.92 Å². The van der Waals surface area contributed by atoms with Crippen LogP contribution in [0.3, 0.4) is 0 Å². The molecule has 0 aromatic heterocycles. The molecular weight excluding hydrogens is 475 g/mol. The molecule has 0 atom stereocenters. The summed E-state index contributed by atoms with van der Waals surface area (Å²) >= 11 is 0. The average molecular weight is 502 g/mol. The molecule has 0 amide bonds. The molecule has 0 saturated heterocycles. The molecule has 0 bridgehead atoms. The first kappa shape index (κ1) is 29.7. The van der Waals surface area contributed by atoms with Crippen molar-refractivity contribution in [2.45, 2.75) is 26.2 Å². The normalized spacial score (nSPS) is 11.0. The molecule has 0 heterocycles. The van der Waals surface area contributed by atoms with E-state index < -0.39 is 47.2 Å². The lowest BCUT2D eigenvalue weighted by Crippen LogP contribution is -2.16. The van der Waals surface area contributed by atoms with Gasteiger partial charge in [-0.2, -0.15) is 8.78 Å². The Hall–Kier alpha value is -2.35. The fraction of sp³-hybridized carbons (Fsp3) is 0.619. The summed E-state index contributed by atoms with van der Waals surface area (Å²) in [5.41, 5.74) is 0. The summed E-state index contributed by atoms with van der Waals surface area (Å²) in [6, 6.07) is 0. The quantitative estimate of drug-likeness (QED) is 0.0756. The van der Waals surface area contributed by atoms with Crippen LogP contribution in [0, 0.1) is 29.1 Å². The maximum atomic E-state index is 13.4. The van der Waals surface area contributed by atoms with Gasteiger partial charge in [0.2, 0.25) is 34.8 Å². The Kier molecular flexibility index (Phi) is 15.0. The Morgan fingerprint density at radius 3 is 1.44 bits per heavy atom. The SMILES string of the molecule is CCCC(=O)OCCOCCOCCOCCOCCC(=O)Oc1c(F)c(F)c(F)c(F)c1F. The number of hydrogen-bond acceptors (Lipinski definition) is 8. The van der Waals surface area contributed by atoms with Crippen LogP contribution in [-0.2, 0) is 33.3 Å². The highest BCUT2D eigenvalue weighted by Gasteiger charge is 2.28. The molecule has 0 N–H and O–H groups in total. The summed E-state index contributed by atoms with van der Waals surface area (Å²) in [7, 11) is 0. The summed E-state index contributed by atoms with van der Waals surface area (Å²) in [4.78, 5) is 22.7. The van der Waals surface area contributed by atoms with Gasteiger partial charge in [-0.15, -0.1) is 0 Å². The van der Waals surface area contributed by atoms with Gasteiger partial charge in [0.05, 0.1) is 59.3 Å². The van der Waals surface area contributed by atoms with E-state index >= 15 is 0 Å². The molecule has 0 unspecified atom stereocenters. The van der Waals surface area contributed by atoms with Crippen LogP contribution in [0.5, 0.6) is 5.75 Å². The Bertz CT molecular complexity index is 749. The molecular formula is C21H27F5O8. The number of benzene rings is 1. The molecule has 13 heteroatoms. The van der Waals surface area contributed by atoms with Crippen molar-refractivity contribution in [1.29, 1.82) is 0 Å². The van der Waals surface area contributed by atoms with E-state index in [2.05, 4.69) is 4.74 Å². The van der Waals surface area contributed by atoms with Crippen molar-refractivity contribution in [2.24, 2.45) is 0 Å². The van der Waals surface area contributed by atoms with E-state index in [0.29, 0.717) is 26.2 Å². The van der Waals surface area contributed by atoms with Crippen LogP contribution in [0.4, 0.5) is 22.0 Å². The molecule has 0 radical (unpaired) electrons. The molecule has 1 rings (SSSR count). The molecule has 1 aromatic rings. The number of halogens is 5. The van der Waals surface area contributed by atoms with Crippen molar-refractivity contribution in [3.8, 4) is 5.75 Å². The number of hydrogen-bond donors (Lipinski definition) is 0. The first-order chi connectivity index (χ1) is 16.3. The van der Waals surface area contributed by atoms with Crippen molar-refractivity contribution in [2.75, 3.05) is 59.5 Å². The van der Waals surface area contributed by atoms with Crippen LogP contribution in [0.15, 0.2) is 0 Å². The third-order valence-electron chi connectivity index (χ3n) is 3.90.